The van der Waals surface area contributed by atoms with Gasteiger partial charge in [0.15, 0.2) is 11.2 Å². The molecular formula is C20H25ClN4O2. The van der Waals surface area contributed by atoms with Crippen LogP contribution in [-0.2, 0) is 33.0 Å². The fourth-order valence-corrected chi connectivity index (χ4v) is 3.64. The summed E-state index contributed by atoms with van der Waals surface area (Å²) < 4.78 is 4.80. The lowest BCUT2D eigenvalue weighted by Crippen LogP contribution is -2.40. The number of benzene rings is 1. The van der Waals surface area contributed by atoms with Gasteiger partial charge in [-0.1, -0.05) is 37.6 Å². The molecule has 0 N–H and O–H groups in total. The molecule has 3 aromatic rings. The third kappa shape index (κ3) is 3.72. The average molecular weight is 389 g/mol. The minimum absolute atomic E-state index is 0.256. The van der Waals surface area contributed by atoms with E-state index < -0.39 is 0 Å². The van der Waals surface area contributed by atoms with Crippen LogP contribution in [0.1, 0.15) is 38.1 Å². The number of hydrogen-bond donors (Lipinski definition) is 0. The van der Waals surface area contributed by atoms with E-state index >= 15 is 0 Å². The molecule has 0 aliphatic rings. The van der Waals surface area contributed by atoms with E-state index in [9.17, 15) is 9.59 Å². The maximum atomic E-state index is 12.9. The fourth-order valence-electron chi connectivity index (χ4n) is 3.43. The van der Waals surface area contributed by atoms with Crippen molar-refractivity contribution in [1.82, 2.24) is 18.7 Å². The van der Waals surface area contributed by atoms with Crippen LogP contribution in [0.5, 0.6) is 0 Å². The second kappa shape index (κ2) is 8.13. The molecule has 27 heavy (non-hydrogen) atoms. The Balaban J connectivity index is 2.09. The van der Waals surface area contributed by atoms with Crippen molar-refractivity contribution in [3.63, 3.8) is 0 Å². The molecule has 2 aromatic heterocycles. The number of halogens is 1. The zero-order chi connectivity index (χ0) is 19.6. The third-order valence-corrected chi connectivity index (χ3v) is 4.99. The van der Waals surface area contributed by atoms with Gasteiger partial charge >= 0.3 is 5.69 Å². The first kappa shape index (κ1) is 19.4. The summed E-state index contributed by atoms with van der Waals surface area (Å²) in [6, 6.07) is 7.73. The minimum Gasteiger partial charge on any atom is -0.325 e. The van der Waals surface area contributed by atoms with Crippen molar-refractivity contribution < 1.29 is 0 Å². The molecule has 3 rings (SSSR count). The Bertz CT molecular complexity index is 1080. The van der Waals surface area contributed by atoms with Crippen molar-refractivity contribution in [3.05, 3.63) is 61.5 Å². The SMILES string of the molecule is CCCn1c(=O)c2c(nc(CCc3cccc(Cl)c3)n2C)n(CCC)c1=O. The lowest BCUT2D eigenvalue weighted by Gasteiger charge is -2.10. The van der Waals surface area contributed by atoms with Crippen molar-refractivity contribution in [3.8, 4) is 0 Å². The summed E-state index contributed by atoms with van der Waals surface area (Å²) in [7, 11) is 1.85. The Morgan fingerprint density at radius 2 is 1.74 bits per heavy atom. The van der Waals surface area contributed by atoms with Crippen LogP contribution >= 0.6 is 11.6 Å². The van der Waals surface area contributed by atoms with Crippen LogP contribution < -0.4 is 11.2 Å². The Labute approximate surface area is 163 Å². The number of aryl methyl sites for hydroxylation is 4. The number of hydrogen-bond acceptors (Lipinski definition) is 3. The zero-order valence-electron chi connectivity index (χ0n) is 16.0. The average Bonchev–Trinajstić information content (AvgIpc) is 2.97. The van der Waals surface area contributed by atoms with Crippen LogP contribution in [0.25, 0.3) is 11.2 Å². The van der Waals surface area contributed by atoms with E-state index in [1.54, 1.807) is 4.57 Å². The van der Waals surface area contributed by atoms with Gasteiger partial charge in [-0.05, 0) is 37.0 Å². The monoisotopic (exact) mass is 388 g/mol. The highest BCUT2D eigenvalue weighted by atomic mass is 35.5. The van der Waals surface area contributed by atoms with Crippen LogP contribution in [-0.4, -0.2) is 18.7 Å². The maximum absolute atomic E-state index is 12.9. The van der Waals surface area contributed by atoms with E-state index in [1.165, 1.54) is 4.57 Å². The molecule has 0 saturated heterocycles. The first-order valence-corrected chi connectivity index (χ1v) is 9.79. The lowest BCUT2D eigenvalue weighted by atomic mass is 10.1. The molecule has 7 heteroatoms. The van der Waals surface area contributed by atoms with Crippen LogP contribution in [0, 0.1) is 0 Å². The van der Waals surface area contributed by atoms with Crippen molar-refractivity contribution >= 4 is 22.8 Å². The van der Waals surface area contributed by atoms with Crippen LogP contribution in [0.15, 0.2) is 33.9 Å². The molecule has 0 saturated carbocycles. The predicted octanol–water partition coefficient (Wildman–Crippen LogP) is 3.16. The standard InChI is InChI=1S/C20H25ClN4O2/c1-4-11-24-18-17(19(26)25(12-5-2)20(24)27)23(3)16(22-18)10-9-14-7-6-8-15(21)13-14/h6-8,13H,4-5,9-12H2,1-3H3. The van der Waals surface area contributed by atoms with Crippen molar-refractivity contribution in [1.29, 1.82) is 0 Å². The quantitative estimate of drug-likeness (QED) is 0.624. The normalized spacial score (nSPS) is 11.4. The topological polar surface area (TPSA) is 61.8 Å². The maximum Gasteiger partial charge on any atom is 0.332 e. The van der Waals surface area contributed by atoms with Gasteiger partial charge in [0.1, 0.15) is 5.82 Å². The molecular weight excluding hydrogens is 364 g/mol. The van der Waals surface area contributed by atoms with Gasteiger partial charge in [0.2, 0.25) is 0 Å². The number of fused-ring (bicyclic) bond motifs is 1. The van der Waals surface area contributed by atoms with Gasteiger partial charge in [0.05, 0.1) is 0 Å². The summed E-state index contributed by atoms with van der Waals surface area (Å²) in [6.45, 7) is 4.93. The highest BCUT2D eigenvalue weighted by molar-refractivity contribution is 6.30. The minimum atomic E-state index is -0.268. The molecule has 0 fully saturated rings. The van der Waals surface area contributed by atoms with Crippen LogP contribution in [0.4, 0.5) is 0 Å². The van der Waals surface area contributed by atoms with Gasteiger partial charge in [-0.25, -0.2) is 9.78 Å². The van der Waals surface area contributed by atoms with Crippen LogP contribution in [0.3, 0.4) is 0 Å². The van der Waals surface area contributed by atoms with E-state index in [4.69, 9.17) is 11.6 Å². The number of imidazole rings is 1. The van der Waals surface area contributed by atoms with E-state index in [0.717, 1.165) is 30.7 Å². The highest BCUT2D eigenvalue weighted by Gasteiger charge is 2.19. The molecule has 0 aliphatic carbocycles. The molecule has 144 valence electrons. The molecule has 0 aliphatic heterocycles. The Morgan fingerprint density at radius 3 is 2.41 bits per heavy atom. The second-order valence-electron chi connectivity index (χ2n) is 6.78. The number of nitrogens with zero attached hydrogens (tertiary/aromatic N) is 4. The summed E-state index contributed by atoms with van der Waals surface area (Å²) in [6.07, 6.45) is 2.96. The summed E-state index contributed by atoms with van der Waals surface area (Å²) in [5.41, 5.74) is 1.58. The molecule has 6 nitrogen and oxygen atoms in total. The second-order valence-corrected chi connectivity index (χ2v) is 7.22. The van der Waals surface area contributed by atoms with Crippen molar-refractivity contribution in [2.24, 2.45) is 7.05 Å². The molecule has 0 amide bonds. The predicted molar refractivity (Wildman–Crippen MR) is 109 cm³/mol. The summed E-state index contributed by atoms with van der Waals surface area (Å²) in [4.78, 5) is 30.4. The molecule has 0 spiro atoms. The highest BCUT2D eigenvalue weighted by Crippen LogP contribution is 2.15. The Morgan fingerprint density at radius 1 is 1.04 bits per heavy atom. The molecule has 0 bridgehead atoms. The summed E-state index contributed by atoms with van der Waals surface area (Å²) in [5, 5.41) is 0.705. The molecule has 1 aromatic carbocycles. The van der Waals surface area contributed by atoms with Gasteiger partial charge in [-0.15, -0.1) is 0 Å². The van der Waals surface area contributed by atoms with E-state index in [0.29, 0.717) is 35.7 Å². The third-order valence-electron chi connectivity index (χ3n) is 4.76. The Kier molecular flexibility index (Phi) is 5.85. The van der Waals surface area contributed by atoms with Gasteiger partial charge in [-0.2, -0.15) is 0 Å². The summed E-state index contributed by atoms with van der Waals surface area (Å²) in [5.74, 6) is 0.792. The molecule has 0 atom stereocenters. The molecule has 0 unspecified atom stereocenters. The zero-order valence-corrected chi connectivity index (χ0v) is 16.8. The van der Waals surface area contributed by atoms with E-state index in [2.05, 4.69) is 4.98 Å². The van der Waals surface area contributed by atoms with Crippen molar-refractivity contribution in [2.75, 3.05) is 0 Å². The first-order chi connectivity index (χ1) is 13.0. The number of rotatable bonds is 7. The van der Waals surface area contributed by atoms with Gasteiger partial charge in [0, 0.05) is 31.6 Å². The van der Waals surface area contributed by atoms with Gasteiger partial charge in [-0.3, -0.25) is 13.9 Å². The van der Waals surface area contributed by atoms with Crippen molar-refractivity contribution in [2.45, 2.75) is 52.6 Å². The fraction of sp³-hybridized carbons (Fsp3) is 0.450. The van der Waals surface area contributed by atoms with Gasteiger partial charge < -0.3 is 4.57 Å². The largest absolute Gasteiger partial charge is 0.332 e. The molecule has 2 heterocycles. The van der Waals surface area contributed by atoms with Crippen LogP contribution in [0.2, 0.25) is 5.02 Å². The van der Waals surface area contributed by atoms with E-state index in [-0.39, 0.29) is 11.2 Å². The lowest BCUT2D eigenvalue weighted by molar-refractivity contribution is 0.554. The smallest absolute Gasteiger partial charge is 0.325 e. The Hall–Kier alpha value is -2.34. The summed E-state index contributed by atoms with van der Waals surface area (Å²) >= 11 is 6.06. The first-order valence-electron chi connectivity index (χ1n) is 9.41. The van der Waals surface area contributed by atoms with E-state index in [1.807, 2.05) is 49.7 Å². The number of aromatic nitrogens is 4. The van der Waals surface area contributed by atoms with Gasteiger partial charge in [0.25, 0.3) is 5.56 Å². The molecule has 0 radical (unpaired) electrons.